The Morgan fingerprint density at radius 2 is 1.81 bits per heavy atom. The first-order chi connectivity index (χ1) is 17.5. The van der Waals surface area contributed by atoms with E-state index >= 15 is 0 Å². The van der Waals surface area contributed by atoms with Gasteiger partial charge in [-0.15, -0.1) is 0 Å². The highest BCUT2D eigenvalue weighted by Gasteiger charge is 2.36. The lowest BCUT2D eigenvalue weighted by Gasteiger charge is -2.25. The Bertz CT molecular complexity index is 1470. The van der Waals surface area contributed by atoms with Crippen LogP contribution < -0.4 is 10.1 Å². The molecular weight excluding hydrogens is 458 g/mol. The number of carbonyl (C=O) groups is 3. The molecule has 0 atom stereocenters. The summed E-state index contributed by atoms with van der Waals surface area (Å²) in [6, 6.07) is 18.3. The molecule has 1 fully saturated rings. The zero-order chi connectivity index (χ0) is 25.1. The summed E-state index contributed by atoms with van der Waals surface area (Å²) < 4.78 is 13.3. The topological polar surface area (TPSA) is 93.8 Å². The molecule has 1 N–H and O–H groups in total. The number of rotatable bonds is 8. The first kappa shape index (κ1) is 23.2. The van der Waals surface area contributed by atoms with E-state index in [1.54, 1.807) is 18.2 Å². The maximum absolute atomic E-state index is 13.1. The summed E-state index contributed by atoms with van der Waals surface area (Å²) in [5.74, 6) is -0.0692. The Kier molecular flexibility index (Phi) is 6.40. The molecule has 8 nitrogen and oxygen atoms in total. The summed E-state index contributed by atoms with van der Waals surface area (Å²) >= 11 is 0. The van der Waals surface area contributed by atoms with E-state index < -0.39 is 17.8 Å². The number of urea groups is 1. The lowest BCUT2D eigenvalue weighted by molar-refractivity contribution is -0.130. The zero-order valence-corrected chi connectivity index (χ0v) is 19.8. The van der Waals surface area contributed by atoms with Crippen LogP contribution in [0.1, 0.15) is 23.3 Å². The van der Waals surface area contributed by atoms with Crippen molar-refractivity contribution in [2.24, 2.45) is 0 Å². The van der Waals surface area contributed by atoms with Crippen LogP contribution in [0.4, 0.5) is 4.79 Å². The van der Waals surface area contributed by atoms with E-state index in [4.69, 9.17) is 9.15 Å². The van der Waals surface area contributed by atoms with E-state index in [-0.39, 0.29) is 12.1 Å². The lowest BCUT2D eigenvalue weighted by Crippen LogP contribution is -2.53. The van der Waals surface area contributed by atoms with Gasteiger partial charge in [0.05, 0.1) is 19.4 Å². The van der Waals surface area contributed by atoms with Gasteiger partial charge in [-0.25, -0.2) is 4.79 Å². The third-order valence-electron chi connectivity index (χ3n) is 6.09. The van der Waals surface area contributed by atoms with Crippen LogP contribution in [0.2, 0.25) is 0 Å². The molecule has 2 aromatic carbocycles. The van der Waals surface area contributed by atoms with Gasteiger partial charge in [-0.2, -0.15) is 0 Å². The number of benzene rings is 2. The number of ether oxygens (including phenoxy) is 1. The normalized spacial score (nSPS) is 15.1. The van der Waals surface area contributed by atoms with E-state index in [1.165, 1.54) is 6.26 Å². The number of nitrogens with zero attached hydrogens (tertiary/aromatic N) is 2. The molecular formula is C28H25N3O5. The number of aryl methyl sites for hydroxylation is 2. The van der Waals surface area contributed by atoms with Gasteiger partial charge in [-0.1, -0.05) is 36.4 Å². The van der Waals surface area contributed by atoms with Crippen molar-refractivity contribution >= 4 is 34.8 Å². The van der Waals surface area contributed by atoms with Crippen molar-refractivity contribution in [3.05, 3.63) is 95.6 Å². The first-order valence-electron chi connectivity index (χ1n) is 11.7. The molecule has 5 rings (SSSR count). The molecule has 1 saturated heterocycles. The van der Waals surface area contributed by atoms with Crippen molar-refractivity contribution in [3.63, 3.8) is 0 Å². The fraction of sp³-hybridized carbons (Fsp3) is 0.179. The minimum absolute atomic E-state index is 0.0645. The van der Waals surface area contributed by atoms with Gasteiger partial charge in [0.15, 0.2) is 0 Å². The number of carbonyl (C=O) groups excluding carboxylic acids is 3. The Balaban J connectivity index is 1.37. The van der Waals surface area contributed by atoms with Crippen LogP contribution in [-0.4, -0.2) is 33.9 Å². The fourth-order valence-electron chi connectivity index (χ4n) is 4.26. The molecule has 0 saturated carbocycles. The van der Waals surface area contributed by atoms with Gasteiger partial charge < -0.3 is 13.7 Å². The zero-order valence-electron chi connectivity index (χ0n) is 19.8. The summed E-state index contributed by atoms with van der Waals surface area (Å²) in [5, 5.41) is 3.16. The van der Waals surface area contributed by atoms with Gasteiger partial charge in [-0.05, 0) is 49.2 Å². The third-order valence-corrected chi connectivity index (χ3v) is 6.09. The largest absolute Gasteiger partial charge is 0.493 e. The second kappa shape index (κ2) is 9.95. The molecule has 4 amide bonds. The van der Waals surface area contributed by atoms with Crippen molar-refractivity contribution in [2.45, 2.75) is 26.4 Å². The van der Waals surface area contributed by atoms with Crippen molar-refractivity contribution in [3.8, 4) is 5.75 Å². The second-order valence-electron chi connectivity index (χ2n) is 8.55. The molecule has 1 aliphatic rings. The second-order valence-corrected chi connectivity index (χ2v) is 8.55. The van der Waals surface area contributed by atoms with Gasteiger partial charge in [0, 0.05) is 29.2 Å². The monoisotopic (exact) mass is 483 g/mol. The SMILES string of the molecule is Cc1ccccc1OCCCn1cc(C=C2C(=O)NC(=O)N(Cc3ccco3)C2=O)c2ccccc21. The van der Waals surface area contributed by atoms with Gasteiger partial charge in [0.1, 0.15) is 17.1 Å². The average Bonchev–Trinajstić information content (AvgIpc) is 3.51. The van der Waals surface area contributed by atoms with E-state index in [0.717, 1.165) is 39.1 Å². The minimum atomic E-state index is -0.769. The molecule has 0 spiro atoms. The van der Waals surface area contributed by atoms with E-state index in [2.05, 4.69) is 9.88 Å². The van der Waals surface area contributed by atoms with Gasteiger partial charge >= 0.3 is 6.03 Å². The molecule has 8 heteroatoms. The minimum Gasteiger partial charge on any atom is -0.493 e. The Hall–Kier alpha value is -4.59. The first-order valence-corrected chi connectivity index (χ1v) is 11.7. The number of aromatic nitrogens is 1. The predicted octanol–water partition coefficient (Wildman–Crippen LogP) is 4.67. The average molecular weight is 484 g/mol. The van der Waals surface area contributed by atoms with Gasteiger partial charge in [-0.3, -0.25) is 19.8 Å². The molecule has 0 unspecified atom stereocenters. The summed E-state index contributed by atoms with van der Waals surface area (Å²) in [5.41, 5.74) is 2.68. The number of hydrogen-bond donors (Lipinski definition) is 1. The molecule has 0 aliphatic carbocycles. The Morgan fingerprint density at radius 1 is 1.00 bits per heavy atom. The van der Waals surface area contributed by atoms with Crippen LogP contribution in [0.3, 0.4) is 0 Å². The summed E-state index contributed by atoms with van der Waals surface area (Å²) in [7, 11) is 0. The van der Waals surface area contributed by atoms with E-state index in [1.807, 2.05) is 61.7 Å². The van der Waals surface area contributed by atoms with Crippen molar-refractivity contribution in [1.82, 2.24) is 14.8 Å². The fourth-order valence-corrected chi connectivity index (χ4v) is 4.26. The summed E-state index contributed by atoms with van der Waals surface area (Å²) in [4.78, 5) is 39.0. The Morgan fingerprint density at radius 3 is 2.61 bits per heavy atom. The van der Waals surface area contributed by atoms with Crippen LogP contribution in [0.15, 0.2) is 83.1 Å². The molecule has 0 bridgehead atoms. The molecule has 1 aliphatic heterocycles. The molecule has 182 valence electrons. The van der Waals surface area contributed by atoms with Gasteiger partial charge in [0.25, 0.3) is 11.8 Å². The van der Waals surface area contributed by atoms with Crippen LogP contribution in [0.25, 0.3) is 17.0 Å². The van der Waals surface area contributed by atoms with E-state index in [9.17, 15) is 14.4 Å². The number of nitrogens with one attached hydrogen (secondary N) is 1. The molecule has 36 heavy (non-hydrogen) atoms. The third kappa shape index (κ3) is 4.65. The van der Waals surface area contributed by atoms with Crippen LogP contribution >= 0.6 is 0 Å². The standard InChI is InChI=1S/C28H25N3O5/c1-19-8-2-5-12-25(19)36-15-7-13-30-17-20(22-10-3-4-11-24(22)30)16-23-26(32)29-28(34)31(27(23)33)18-21-9-6-14-35-21/h2-6,8-12,14,16-17H,7,13,15,18H2,1H3,(H,29,32,34). The van der Waals surface area contributed by atoms with Crippen molar-refractivity contribution in [2.75, 3.05) is 6.61 Å². The highest BCUT2D eigenvalue weighted by molar-refractivity contribution is 6.31. The lowest BCUT2D eigenvalue weighted by atomic mass is 10.1. The van der Waals surface area contributed by atoms with Crippen LogP contribution in [0.5, 0.6) is 5.75 Å². The molecule has 4 aromatic rings. The maximum Gasteiger partial charge on any atom is 0.331 e. The summed E-state index contributed by atoms with van der Waals surface area (Å²) in [6.07, 6.45) is 5.69. The molecule has 0 radical (unpaired) electrons. The molecule has 2 aromatic heterocycles. The highest BCUT2D eigenvalue weighted by Crippen LogP contribution is 2.26. The van der Waals surface area contributed by atoms with E-state index in [0.29, 0.717) is 18.9 Å². The van der Waals surface area contributed by atoms with Crippen LogP contribution in [-0.2, 0) is 22.7 Å². The predicted molar refractivity (Wildman–Crippen MR) is 134 cm³/mol. The highest BCUT2D eigenvalue weighted by atomic mass is 16.5. The molecule has 3 heterocycles. The number of hydrogen-bond acceptors (Lipinski definition) is 5. The van der Waals surface area contributed by atoms with Crippen molar-refractivity contribution < 1.29 is 23.5 Å². The number of amides is 4. The number of imide groups is 2. The summed E-state index contributed by atoms with van der Waals surface area (Å²) in [6.45, 7) is 3.20. The van der Waals surface area contributed by atoms with Crippen molar-refractivity contribution in [1.29, 1.82) is 0 Å². The quantitative estimate of drug-likeness (QED) is 0.223. The maximum atomic E-state index is 13.1. The number of barbiturate groups is 1. The smallest absolute Gasteiger partial charge is 0.331 e. The Labute approximate surface area is 207 Å². The van der Waals surface area contributed by atoms with Crippen LogP contribution in [0, 0.1) is 6.92 Å². The number of furan rings is 1. The van der Waals surface area contributed by atoms with Gasteiger partial charge in [0.2, 0.25) is 0 Å². The number of para-hydroxylation sites is 2. The number of fused-ring (bicyclic) bond motifs is 1.